The summed E-state index contributed by atoms with van der Waals surface area (Å²) in [6.07, 6.45) is 1.94. The fraction of sp³-hybridized carbons (Fsp3) is 0.833. The minimum Gasteiger partial charge on any atom is -0.466 e. The third-order valence-corrected chi connectivity index (χ3v) is 2.29. The van der Waals surface area contributed by atoms with Crippen molar-refractivity contribution in [3.05, 3.63) is 0 Å². The van der Waals surface area contributed by atoms with Crippen molar-refractivity contribution in [2.75, 3.05) is 13.2 Å². The number of carbonyl (C=O) groups is 2. The zero-order valence-corrected chi connectivity index (χ0v) is 10.6. The Kier molecular flexibility index (Phi) is 7.60. The fourth-order valence-electron chi connectivity index (χ4n) is 1.25. The van der Waals surface area contributed by atoms with Crippen molar-refractivity contribution >= 4 is 11.9 Å². The van der Waals surface area contributed by atoms with E-state index in [1.807, 2.05) is 13.8 Å². The first-order chi connectivity index (χ1) is 7.41. The molecule has 0 saturated heterocycles. The van der Waals surface area contributed by atoms with Crippen molar-refractivity contribution < 1.29 is 19.1 Å². The van der Waals surface area contributed by atoms with Gasteiger partial charge in [-0.1, -0.05) is 13.8 Å². The van der Waals surface area contributed by atoms with Crippen LogP contribution in [0.2, 0.25) is 0 Å². The lowest BCUT2D eigenvalue weighted by atomic mass is 9.99. The first kappa shape index (κ1) is 14.9. The Bertz CT molecular complexity index is 201. The van der Waals surface area contributed by atoms with Crippen molar-refractivity contribution in [1.29, 1.82) is 0 Å². The Labute approximate surface area is 97.3 Å². The van der Waals surface area contributed by atoms with Crippen molar-refractivity contribution in [2.24, 2.45) is 11.8 Å². The molecule has 4 nitrogen and oxygen atoms in total. The number of ether oxygens (including phenoxy) is 2. The smallest absolute Gasteiger partial charge is 0.302 e. The largest absolute Gasteiger partial charge is 0.466 e. The summed E-state index contributed by atoms with van der Waals surface area (Å²) in [5, 5.41) is 0. The molecule has 0 amide bonds. The van der Waals surface area contributed by atoms with E-state index in [1.54, 1.807) is 0 Å². The maximum Gasteiger partial charge on any atom is 0.302 e. The molecule has 0 aromatic rings. The van der Waals surface area contributed by atoms with E-state index in [-0.39, 0.29) is 11.9 Å². The van der Waals surface area contributed by atoms with E-state index in [4.69, 9.17) is 9.47 Å². The minimum atomic E-state index is -0.236. The van der Waals surface area contributed by atoms with Crippen LogP contribution >= 0.6 is 0 Å². The van der Waals surface area contributed by atoms with Crippen LogP contribution in [0.3, 0.4) is 0 Å². The zero-order valence-electron chi connectivity index (χ0n) is 10.6. The topological polar surface area (TPSA) is 52.6 Å². The van der Waals surface area contributed by atoms with Gasteiger partial charge in [-0.05, 0) is 24.7 Å². The summed E-state index contributed by atoms with van der Waals surface area (Å²) in [6.45, 7) is 7.85. The van der Waals surface area contributed by atoms with E-state index < -0.39 is 0 Å². The number of rotatable bonds is 7. The summed E-state index contributed by atoms with van der Waals surface area (Å²) in [5.41, 5.74) is 0. The van der Waals surface area contributed by atoms with Crippen LogP contribution in [-0.2, 0) is 19.1 Å². The molecule has 0 heterocycles. The zero-order chi connectivity index (χ0) is 12.6. The summed E-state index contributed by atoms with van der Waals surface area (Å²) < 4.78 is 9.82. The van der Waals surface area contributed by atoms with Crippen LogP contribution in [0.4, 0.5) is 0 Å². The molecule has 0 bridgehead atoms. The monoisotopic (exact) mass is 230 g/mol. The third kappa shape index (κ3) is 9.49. The van der Waals surface area contributed by atoms with Gasteiger partial charge < -0.3 is 9.47 Å². The third-order valence-electron chi connectivity index (χ3n) is 2.29. The van der Waals surface area contributed by atoms with Crippen molar-refractivity contribution in [3.8, 4) is 0 Å². The molecule has 0 rings (SSSR count). The van der Waals surface area contributed by atoms with Gasteiger partial charge in [0.1, 0.15) is 0 Å². The van der Waals surface area contributed by atoms with Crippen molar-refractivity contribution in [3.63, 3.8) is 0 Å². The first-order valence-electron chi connectivity index (χ1n) is 5.68. The summed E-state index contributed by atoms with van der Waals surface area (Å²) in [5.74, 6) is 0.229. The molecule has 0 saturated carbocycles. The minimum absolute atomic E-state index is 0.236. The molecule has 4 heteroatoms. The Hall–Kier alpha value is -1.06. The van der Waals surface area contributed by atoms with Crippen LogP contribution in [0, 0.1) is 11.8 Å². The quantitative estimate of drug-likeness (QED) is 0.629. The van der Waals surface area contributed by atoms with E-state index >= 15 is 0 Å². The first-order valence-corrected chi connectivity index (χ1v) is 5.68. The highest BCUT2D eigenvalue weighted by Gasteiger charge is 2.09. The van der Waals surface area contributed by atoms with Gasteiger partial charge in [0.05, 0.1) is 13.2 Å². The van der Waals surface area contributed by atoms with E-state index in [0.717, 1.165) is 12.8 Å². The molecule has 2 atom stereocenters. The van der Waals surface area contributed by atoms with Crippen LogP contribution in [0.1, 0.15) is 40.5 Å². The second-order valence-electron chi connectivity index (χ2n) is 4.39. The maximum absolute atomic E-state index is 10.6. The highest BCUT2D eigenvalue weighted by molar-refractivity contribution is 5.66. The molecule has 94 valence electrons. The molecule has 0 unspecified atom stereocenters. The van der Waals surface area contributed by atoms with E-state index in [0.29, 0.717) is 25.0 Å². The molecule has 0 aliphatic rings. The molecule has 0 aliphatic carbocycles. The van der Waals surface area contributed by atoms with E-state index in [1.165, 1.54) is 13.8 Å². The van der Waals surface area contributed by atoms with Gasteiger partial charge >= 0.3 is 11.9 Å². The van der Waals surface area contributed by atoms with Gasteiger partial charge in [0.25, 0.3) is 0 Å². The number of hydrogen-bond acceptors (Lipinski definition) is 4. The van der Waals surface area contributed by atoms with Gasteiger partial charge in [-0.3, -0.25) is 9.59 Å². The lowest BCUT2D eigenvalue weighted by Gasteiger charge is -2.15. The molecule has 0 radical (unpaired) electrons. The fourth-order valence-corrected chi connectivity index (χ4v) is 1.25. The molecule has 0 fully saturated rings. The van der Waals surface area contributed by atoms with Gasteiger partial charge in [-0.15, -0.1) is 0 Å². The van der Waals surface area contributed by atoms with Gasteiger partial charge in [-0.2, -0.15) is 0 Å². The molecular weight excluding hydrogens is 208 g/mol. The molecule has 0 N–H and O–H groups in total. The average molecular weight is 230 g/mol. The van der Waals surface area contributed by atoms with Crippen LogP contribution in [0.5, 0.6) is 0 Å². The Morgan fingerprint density at radius 2 is 1.19 bits per heavy atom. The SMILES string of the molecule is CC(=O)OC[C@H](C)CC[C@@H](C)COC(C)=O. The number of hydrogen-bond donors (Lipinski definition) is 0. The lowest BCUT2D eigenvalue weighted by Crippen LogP contribution is -2.13. The molecular formula is C12H22O4. The van der Waals surface area contributed by atoms with E-state index in [2.05, 4.69) is 0 Å². The Balaban J connectivity index is 3.54. The molecule has 0 aromatic carbocycles. The standard InChI is InChI=1S/C12H22O4/c1-9(7-15-11(3)13)5-6-10(2)8-16-12(4)14/h9-10H,5-8H2,1-4H3/t9-,10-/m1/s1. The number of esters is 2. The van der Waals surface area contributed by atoms with Gasteiger partial charge in [0.15, 0.2) is 0 Å². The van der Waals surface area contributed by atoms with Crippen LogP contribution in [0.25, 0.3) is 0 Å². The Morgan fingerprint density at radius 3 is 1.44 bits per heavy atom. The van der Waals surface area contributed by atoms with Crippen LogP contribution in [0.15, 0.2) is 0 Å². The van der Waals surface area contributed by atoms with Gasteiger partial charge in [-0.25, -0.2) is 0 Å². The van der Waals surface area contributed by atoms with Crippen LogP contribution in [-0.4, -0.2) is 25.2 Å². The molecule has 16 heavy (non-hydrogen) atoms. The van der Waals surface area contributed by atoms with E-state index in [9.17, 15) is 9.59 Å². The average Bonchev–Trinajstić information content (AvgIpc) is 2.20. The summed E-state index contributed by atoms with van der Waals surface area (Å²) in [6, 6.07) is 0. The van der Waals surface area contributed by atoms with Gasteiger partial charge in [0.2, 0.25) is 0 Å². The molecule has 0 aromatic heterocycles. The normalized spacial score (nSPS) is 14.0. The second-order valence-corrected chi connectivity index (χ2v) is 4.39. The lowest BCUT2D eigenvalue weighted by molar-refractivity contribution is -0.143. The van der Waals surface area contributed by atoms with Gasteiger partial charge in [0, 0.05) is 13.8 Å². The summed E-state index contributed by atoms with van der Waals surface area (Å²) >= 11 is 0. The molecule has 0 spiro atoms. The summed E-state index contributed by atoms with van der Waals surface area (Å²) in [7, 11) is 0. The predicted octanol–water partition coefficient (Wildman–Crippen LogP) is 2.17. The Morgan fingerprint density at radius 1 is 0.875 bits per heavy atom. The van der Waals surface area contributed by atoms with Crippen molar-refractivity contribution in [1.82, 2.24) is 0 Å². The number of carbonyl (C=O) groups excluding carboxylic acids is 2. The highest BCUT2D eigenvalue weighted by Crippen LogP contribution is 2.13. The molecule has 0 aliphatic heterocycles. The van der Waals surface area contributed by atoms with Crippen molar-refractivity contribution in [2.45, 2.75) is 40.5 Å². The highest BCUT2D eigenvalue weighted by atomic mass is 16.5. The summed E-state index contributed by atoms with van der Waals surface area (Å²) in [4.78, 5) is 21.2. The van der Waals surface area contributed by atoms with Crippen LogP contribution < -0.4 is 0 Å². The maximum atomic E-state index is 10.6. The second kappa shape index (κ2) is 8.13. The predicted molar refractivity (Wildman–Crippen MR) is 60.8 cm³/mol.